The largest absolute Gasteiger partial charge is 0.449 e. The normalized spacial score (nSPS) is 12.2. The number of halogens is 3. The number of fused-ring (bicyclic) bond motifs is 1. The predicted molar refractivity (Wildman–Crippen MR) is 81.2 cm³/mol. The number of carbonyl (C=O) groups is 2. The second-order valence-corrected chi connectivity index (χ2v) is 6.26. The molecule has 1 aromatic heterocycles. The maximum atomic E-state index is 13.1. The molecule has 130 valence electrons. The Morgan fingerprint density at radius 3 is 2.38 bits per heavy atom. The zero-order chi connectivity index (χ0) is 18.1. The minimum atomic E-state index is -4.72. The Kier molecular flexibility index (Phi) is 4.54. The van der Waals surface area contributed by atoms with Gasteiger partial charge in [0, 0.05) is 5.54 Å². The van der Waals surface area contributed by atoms with Crippen LogP contribution in [-0.4, -0.2) is 27.0 Å². The van der Waals surface area contributed by atoms with Crippen LogP contribution >= 0.6 is 0 Å². The number of hydrogen-bond acceptors (Lipinski definition) is 3. The van der Waals surface area contributed by atoms with Gasteiger partial charge in [-0.3, -0.25) is 10.1 Å². The topological polar surface area (TPSA) is 76.0 Å². The lowest BCUT2D eigenvalue weighted by atomic mass is 10.1. The van der Waals surface area contributed by atoms with Gasteiger partial charge in [-0.1, -0.05) is 12.1 Å². The van der Waals surface area contributed by atoms with E-state index in [-0.39, 0.29) is 11.0 Å². The Hall–Kier alpha value is -2.58. The number of alkyl halides is 3. The van der Waals surface area contributed by atoms with Gasteiger partial charge in [-0.25, -0.2) is 9.78 Å². The third-order valence-corrected chi connectivity index (χ3v) is 2.95. The third kappa shape index (κ3) is 4.24. The Bertz CT molecular complexity index is 775. The lowest BCUT2D eigenvalue weighted by molar-refractivity contribution is -0.147. The van der Waals surface area contributed by atoms with E-state index in [0.29, 0.717) is 0 Å². The maximum Gasteiger partial charge on any atom is 0.449 e. The number of hydrogen-bond donors (Lipinski definition) is 2. The van der Waals surface area contributed by atoms with Gasteiger partial charge in [0.1, 0.15) is 6.54 Å². The molecule has 0 unspecified atom stereocenters. The quantitative estimate of drug-likeness (QED) is 0.881. The highest BCUT2D eigenvalue weighted by Crippen LogP contribution is 2.31. The number of nitrogens with one attached hydrogen (secondary N) is 2. The van der Waals surface area contributed by atoms with E-state index in [1.165, 1.54) is 12.1 Å². The molecule has 0 spiro atoms. The SMILES string of the molecule is CC(C)(C)NC(=O)NC(=O)Cn1c(C(F)(F)F)nc2ccccc21. The number of urea groups is 1. The first-order valence-corrected chi connectivity index (χ1v) is 7.12. The number of nitrogens with zero attached hydrogens (tertiary/aromatic N) is 2. The van der Waals surface area contributed by atoms with Crippen molar-refractivity contribution in [2.75, 3.05) is 0 Å². The Balaban J connectivity index is 2.26. The summed E-state index contributed by atoms with van der Waals surface area (Å²) in [6.45, 7) is 4.46. The number of imidazole rings is 1. The van der Waals surface area contributed by atoms with Crippen molar-refractivity contribution in [2.45, 2.75) is 39.0 Å². The summed E-state index contributed by atoms with van der Waals surface area (Å²) in [6.07, 6.45) is -4.72. The summed E-state index contributed by atoms with van der Waals surface area (Å²) in [5, 5.41) is 4.51. The number of benzene rings is 1. The summed E-state index contributed by atoms with van der Waals surface area (Å²) >= 11 is 0. The molecule has 1 heterocycles. The van der Waals surface area contributed by atoms with Crippen LogP contribution < -0.4 is 10.6 Å². The highest BCUT2D eigenvalue weighted by atomic mass is 19.4. The van der Waals surface area contributed by atoms with E-state index in [2.05, 4.69) is 10.3 Å². The summed E-state index contributed by atoms with van der Waals surface area (Å²) in [7, 11) is 0. The molecule has 2 aromatic rings. The lowest BCUT2D eigenvalue weighted by Crippen LogP contribution is -2.49. The molecule has 0 radical (unpaired) electrons. The molecule has 2 N–H and O–H groups in total. The standard InChI is InChI=1S/C15H17F3N4O2/c1-14(2,3)21-13(24)20-11(23)8-22-10-7-5-4-6-9(10)19-12(22)15(16,17)18/h4-7H,8H2,1-3H3,(H2,20,21,23,24). The van der Waals surface area contributed by atoms with Crippen molar-refractivity contribution in [3.05, 3.63) is 30.1 Å². The fourth-order valence-corrected chi connectivity index (χ4v) is 2.13. The van der Waals surface area contributed by atoms with E-state index in [0.717, 1.165) is 4.57 Å². The second kappa shape index (κ2) is 6.14. The highest BCUT2D eigenvalue weighted by molar-refractivity contribution is 5.95. The molecule has 0 bridgehead atoms. The van der Waals surface area contributed by atoms with Crippen molar-refractivity contribution < 1.29 is 22.8 Å². The van der Waals surface area contributed by atoms with Crippen LogP contribution in [0.25, 0.3) is 11.0 Å². The van der Waals surface area contributed by atoms with Gasteiger partial charge in [0.2, 0.25) is 11.7 Å². The maximum absolute atomic E-state index is 13.1. The highest BCUT2D eigenvalue weighted by Gasteiger charge is 2.38. The number of para-hydroxylation sites is 2. The molecule has 9 heteroatoms. The Morgan fingerprint density at radius 1 is 1.17 bits per heavy atom. The smallest absolute Gasteiger partial charge is 0.333 e. The van der Waals surface area contributed by atoms with Crippen LogP contribution in [-0.2, 0) is 17.5 Å². The fraction of sp³-hybridized carbons (Fsp3) is 0.400. The molecular formula is C15H17F3N4O2. The van der Waals surface area contributed by atoms with Crippen LogP contribution in [0, 0.1) is 0 Å². The molecule has 3 amide bonds. The van der Waals surface area contributed by atoms with Crippen molar-refractivity contribution in [3.63, 3.8) is 0 Å². The molecule has 0 aliphatic rings. The summed E-state index contributed by atoms with van der Waals surface area (Å²) < 4.78 is 40.1. The zero-order valence-corrected chi connectivity index (χ0v) is 13.4. The third-order valence-electron chi connectivity index (χ3n) is 2.95. The van der Waals surface area contributed by atoms with E-state index in [9.17, 15) is 22.8 Å². The Morgan fingerprint density at radius 2 is 1.79 bits per heavy atom. The van der Waals surface area contributed by atoms with Gasteiger partial charge < -0.3 is 9.88 Å². The van der Waals surface area contributed by atoms with Gasteiger partial charge in [0.15, 0.2) is 0 Å². The van der Waals surface area contributed by atoms with Gasteiger partial charge in [0.25, 0.3) is 0 Å². The second-order valence-electron chi connectivity index (χ2n) is 6.26. The van der Waals surface area contributed by atoms with Crippen LogP contribution in [0.1, 0.15) is 26.6 Å². The van der Waals surface area contributed by atoms with Crippen LogP contribution in [0.4, 0.5) is 18.0 Å². The first-order chi connectivity index (χ1) is 11.0. The predicted octanol–water partition coefficient (Wildman–Crippen LogP) is 2.68. The summed E-state index contributed by atoms with van der Waals surface area (Å²) in [5.41, 5.74) is -0.295. The molecule has 24 heavy (non-hydrogen) atoms. The summed E-state index contributed by atoms with van der Waals surface area (Å²) in [5.74, 6) is -2.06. The number of amides is 3. The first-order valence-electron chi connectivity index (χ1n) is 7.12. The van der Waals surface area contributed by atoms with E-state index in [1.54, 1.807) is 32.9 Å². The number of aromatic nitrogens is 2. The average molecular weight is 342 g/mol. The van der Waals surface area contributed by atoms with Gasteiger partial charge in [-0.05, 0) is 32.9 Å². The fourth-order valence-electron chi connectivity index (χ4n) is 2.13. The molecule has 6 nitrogen and oxygen atoms in total. The molecule has 0 saturated heterocycles. The van der Waals surface area contributed by atoms with E-state index in [1.807, 2.05) is 5.32 Å². The van der Waals surface area contributed by atoms with Crippen LogP contribution in [0.15, 0.2) is 24.3 Å². The van der Waals surface area contributed by atoms with Gasteiger partial charge in [-0.2, -0.15) is 13.2 Å². The van der Waals surface area contributed by atoms with Crippen molar-refractivity contribution in [3.8, 4) is 0 Å². The monoisotopic (exact) mass is 342 g/mol. The van der Waals surface area contributed by atoms with Crippen molar-refractivity contribution in [1.82, 2.24) is 20.2 Å². The van der Waals surface area contributed by atoms with E-state index in [4.69, 9.17) is 0 Å². The average Bonchev–Trinajstić information content (AvgIpc) is 2.75. The lowest BCUT2D eigenvalue weighted by Gasteiger charge is -2.20. The molecule has 0 atom stereocenters. The summed E-state index contributed by atoms with van der Waals surface area (Å²) in [6, 6.07) is 5.18. The van der Waals surface area contributed by atoms with Crippen LogP contribution in [0.5, 0.6) is 0 Å². The van der Waals surface area contributed by atoms with Gasteiger partial charge >= 0.3 is 12.2 Å². The van der Waals surface area contributed by atoms with Gasteiger partial charge in [-0.15, -0.1) is 0 Å². The van der Waals surface area contributed by atoms with Crippen LogP contribution in [0.2, 0.25) is 0 Å². The Labute approximate surface area is 136 Å². The molecule has 0 saturated carbocycles. The number of rotatable bonds is 2. The molecule has 0 fully saturated rings. The molecule has 2 rings (SSSR count). The van der Waals surface area contributed by atoms with E-state index < -0.39 is 36.0 Å². The summed E-state index contributed by atoms with van der Waals surface area (Å²) in [4.78, 5) is 27.1. The molecule has 0 aliphatic heterocycles. The van der Waals surface area contributed by atoms with E-state index >= 15 is 0 Å². The first kappa shape index (κ1) is 17.8. The van der Waals surface area contributed by atoms with Crippen molar-refractivity contribution >= 4 is 23.0 Å². The molecule has 0 aliphatic carbocycles. The minimum absolute atomic E-state index is 0.122. The zero-order valence-electron chi connectivity index (χ0n) is 13.4. The van der Waals surface area contributed by atoms with Crippen LogP contribution in [0.3, 0.4) is 0 Å². The van der Waals surface area contributed by atoms with Crippen molar-refractivity contribution in [1.29, 1.82) is 0 Å². The molecule has 1 aromatic carbocycles. The van der Waals surface area contributed by atoms with Crippen molar-refractivity contribution in [2.24, 2.45) is 0 Å². The molecular weight excluding hydrogens is 325 g/mol. The van der Waals surface area contributed by atoms with Gasteiger partial charge in [0.05, 0.1) is 11.0 Å². The number of imide groups is 1. The number of carbonyl (C=O) groups excluding carboxylic acids is 2. The minimum Gasteiger partial charge on any atom is -0.333 e.